The highest BCUT2D eigenvalue weighted by Gasteiger charge is 2.30. The fourth-order valence-electron chi connectivity index (χ4n) is 3.11. The third-order valence-electron chi connectivity index (χ3n) is 4.15. The summed E-state index contributed by atoms with van der Waals surface area (Å²) in [4.78, 5) is 2.24. The molecule has 122 valence electrons. The smallest absolute Gasteiger partial charge is 0.326 e. The zero-order chi connectivity index (χ0) is 16.4. The van der Waals surface area contributed by atoms with Crippen molar-refractivity contribution in [2.75, 3.05) is 6.54 Å². The van der Waals surface area contributed by atoms with Crippen LogP contribution in [0.2, 0.25) is 0 Å². The summed E-state index contributed by atoms with van der Waals surface area (Å²) in [6.45, 7) is 2.38. The number of hydrogen-bond acceptors (Lipinski definition) is 2. The van der Waals surface area contributed by atoms with Crippen LogP contribution in [0.15, 0.2) is 48.5 Å². The molecule has 0 bridgehead atoms. The first-order valence-electron chi connectivity index (χ1n) is 7.62. The third-order valence-corrected chi connectivity index (χ3v) is 4.15. The Balaban J connectivity index is 1.59. The number of rotatable bonds is 4. The van der Waals surface area contributed by atoms with Gasteiger partial charge in [0.25, 0.3) is 0 Å². The molecule has 0 spiro atoms. The number of halogens is 3. The van der Waals surface area contributed by atoms with E-state index in [0.717, 1.165) is 19.2 Å². The summed E-state index contributed by atoms with van der Waals surface area (Å²) in [6.07, 6.45) is -3.87. The number of nitrogens with zero attached hydrogens (tertiary/aromatic N) is 1. The molecule has 0 aliphatic carbocycles. The van der Waals surface area contributed by atoms with Crippen LogP contribution in [0.4, 0.5) is 13.2 Å². The van der Waals surface area contributed by atoms with Crippen molar-refractivity contribution >= 4 is 0 Å². The largest absolute Gasteiger partial charge is 0.416 e. The van der Waals surface area contributed by atoms with E-state index < -0.39 is 11.7 Å². The average Bonchev–Trinajstić information content (AvgIpc) is 2.88. The predicted octanol–water partition coefficient (Wildman–Crippen LogP) is 3.59. The van der Waals surface area contributed by atoms with E-state index in [1.807, 2.05) is 12.1 Å². The van der Waals surface area contributed by atoms with E-state index in [4.69, 9.17) is 5.73 Å². The summed E-state index contributed by atoms with van der Waals surface area (Å²) in [5.74, 6) is 0. The highest BCUT2D eigenvalue weighted by molar-refractivity contribution is 5.30. The second kappa shape index (κ2) is 6.34. The van der Waals surface area contributed by atoms with Gasteiger partial charge in [-0.2, -0.15) is 13.2 Å². The highest BCUT2D eigenvalue weighted by Crippen LogP contribution is 2.30. The fourth-order valence-corrected chi connectivity index (χ4v) is 3.11. The second-order valence-electron chi connectivity index (χ2n) is 6.10. The molecule has 2 N–H and O–H groups in total. The van der Waals surface area contributed by atoms with Gasteiger partial charge in [-0.1, -0.05) is 42.5 Å². The first-order chi connectivity index (χ1) is 10.9. The van der Waals surface area contributed by atoms with E-state index in [0.29, 0.717) is 18.5 Å². The molecule has 0 saturated carbocycles. The predicted molar refractivity (Wildman–Crippen MR) is 83.7 cm³/mol. The Hall–Kier alpha value is -1.85. The molecule has 0 saturated heterocycles. The van der Waals surface area contributed by atoms with Gasteiger partial charge in [0.2, 0.25) is 0 Å². The maximum Gasteiger partial charge on any atom is 0.416 e. The first kappa shape index (κ1) is 16.0. The summed E-state index contributed by atoms with van der Waals surface area (Å²) in [7, 11) is 0. The molecular formula is C18H19F3N2. The van der Waals surface area contributed by atoms with Gasteiger partial charge in [-0.15, -0.1) is 0 Å². The van der Waals surface area contributed by atoms with Gasteiger partial charge in [0.1, 0.15) is 0 Å². The number of benzene rings is 2. The lowest BCUT2D eigenvalue weighted by molar-refractivity contribution is -0.137. The van der Waals surface area contributed by atoms with Crippen LogP contribution in [-0.4, -0.2) is 17.5 Å². The molecule has 0 unspecified atom stereocenters. The maximum atomic E-state index is 12.7. The van der Waals surface area contributed by atoms with E-state index in [1.54, 1.807) is 6.07 Å². The van der Waals surface area contributed by atoms with Crippen LogP contribution in [0.25, 0.3) is 0 Å². The zero-order valence-corrected chi connectivity index (χ0v) is 12.7. The Morgan fingerprint density at radius 2 is 1.65 bits per heavy atom. The Morgan fingerprint density at radius 1 is 1.00 bits per heavy atom. The van der Waals surface area contributed by atoms with Gasteiger partial charge < -0.3 is 5.73 Å². The zero-order valence-electron chi connectivity index (χ0n) is 12.7. The standard InChI is InChI=1S/C18H19F3N2/c19-18(20,21)16-7-3-4-13(8-16)9-17(22)12-23-10-14-5-1-2-6-15(14)11-23/h1-8,17H,9-12,22H2/t17-/m0/s1. The van der Waals surface area contributed by atoms with Gasteiger partial charge in [-0.3, -0.25) is 4.90 Å². The minimum absolute atomic E-state index is 0.187. The van der Waals surface area contributed by atoms with Crippen molar-refractivity contribution in [2.24, 2.45) is 5.73 Å². The van der Waals surface area contributed by atoms with E-state index in [2.05, 4.69) is 17.0 Å². The van der Waals surface area contributed by atoms with Crippen molar-refractivity contribution in [3.05, 3.63) is 70.8 Å². The van der Waals surface area contributed by atoms with Gasteiger partial charge in [-0.05, 0) is 29.2 Å². The minimum atomic E-state index is -4.31. The Kier molecular flexibility index (Phi) is 4.41. The molecule has 5 heteroatoms. The third kappa shape index (κ3) is 3.92. The molecule has 23 heavy (non-hydrogen) atoms. The van der Waals surface area contributed by atoms with Crippen LogP contribution in [0.3, 0.4) is 0 Å². The van der Waals surface area contributed by atoms with Gasteiger partial charge >= 0.3 is 6.18 Å². The molecule has 2 nitrogen and oxygen atoms in total. The molecule has 0 amide bonds. The SMILES string of the molecule is N[C@@H](Cc1cccc(C(F)(F)F)c1)CN1Cc2ccccc2C1. The molecule has 1 aliphatic heterocycles. The second-order valence-corrected chi connectivity index (χ2v) is 6.10. The molecule has 0 aromatic heterocycles. The van der Waals surface area contributed by atoms with Gasteiger partial charge in [0, 0.05) is 25.7 Å². The van der Waals surface area contributed by atoms with Gasteiger partial charge in [0.05, 0.1) is 5.56 Å². The van der Waals surface area contributed by atoms with Crippen LogP contribution in [0.1, 0.15) is 22.3 Å². The van der Waals surface area contributed by atoms with Crippen molar-refractivity contribution < 1.29 is 13.2 Å². The average molecular weight is 320 g/mol. The summed E-state index contributed by atoms with van der Waals surface area (Å²) in [5.41, 5.74) is 8.78. The summed E-state index contributed by atoms with van der Waals surface area (Å²) < 4.78 is 38.2. The number of alkyl halides is 3. The molecule has 0 fully saturated rings. The summed E-state index contributed by atoms with van der Waals surface area (Å²) >= 11 is 0. The monoisotopic (exact) mass is 320 g/mol. The van der Waals surface area contributed by atoms with E-state index in [9.17, 15) is 13.2 Å². The lowest BCUT2D eigenvalue weighted by Crippen LogP contribution is -2.36. The van der Waals surface area contributed by atoms with Gasteiger partial charge in [0.15, 0.2) is 0 Å². The van der Waals surface area contributed by atoms with Crippen molar-refractivity contribution in [2.45, 2.75) is 31.7 Å². The van der Waals surface area contributed by atoms with Crippen molar-refractivity contribution in [1.82, 2.24) is 4.90 Å². The number of hydrogen-bond donors (Lipinski definition) is 1. The quantitative estimate of drug-likeness (QED) is 0.933. The van der Waals surface area contributed by atoms with Crippen molar-refractivity contribution in [3.8, 4) is 0 Å². The van der Waals surface area contributed by atoms with Crippen LogP contribution in [0, 0.1) is 0 Å². The Bertz CT molecular complexity index is 657. The molecule has 3 rings (SSSR count). The van der Waals surface area contributed by atoms with Crippen LogP contribution in [0.5, 0.6) is 0 Å². The Labute approximate surface area is 133 Å². The number of fused-ring (bicyclic) bond motifs is 1. The summed E-state index contributed by atoms with van der Waals surface area (Å²) in [5, 5.41) is 0. The van der Waals surface area contributed by atoms with E-state index >= 15 is 0 Å². The number of nitrogens with two attached hydrogens (primary N) is 1. The van der Waals surface area contributed by atoms with E-state index in [1.165, 1.54) is 23.3 Å². The normalized spacial score (nSPS) is 16.3. The lowest BCUT2D eigenvalue weighted by atomic mass is 10.0. The van der Waals surface area contributed by atoms with Crippen LogP contribution >= 0.6 is 0 Å². The van der Waals surface area contributed by atoms with Crippen molar-refractivity contribution in [3.63, 3.8) is 0 Å². The first-order valence-corrected chi connectivity index (χ1v) is 7.62. The van der Waals surface area contributed by atoms with E-state index in [-0.39, 0.29) is 6.04 Å². The molecule has 0 radical (unpaired) electrons. The summed E-state index contributed by atoms with van der Waals surface area (Å²) in [6, 6.07) is 13.5. The molecule has 1 heterocycles. The minimum Gasteiger partial charge on any atom is -0.326 e. The molecule has 1 aliphatic rings. The van der Waals surface area contributed by atoms with Crippen LogP contribution < -0.4 is 5.73 Å². The van der Waals surface area contributed by atoms with Crippen molar-refractivity contribution in [1.29, 1.82) is 0 Å². The van der Waals surface area contributed by atoms with Gasteiger partial charge in [-0.25, -0.2) is 0 Å². The topological polar surface area (TPSA) is 29.3 Å². The molecule has 1 atom stereocenters. The molecular weight excluding hydrogens is 301 g/mol. The van der Waals surface area contributed by atoms with Crippen LogP contribution in [-0.2, 0) is 25.7 Å². The lowest BCUT2D eigenvalue weighted by Gasteiger charge is -2.20. The Morgan fingerprint density at radius 3 is 2.26 bits per heavy atom. The maximum absolute atomic E-state index is 12.7. The highest BCUT2D eigenvalue weighted by atomic mass is 19.4. The molecule has 2 aromatic carbocycles. The molecule has 2 aromatic rings. The fraction of sp³-hybridized carbons (Fsp3) is 0.333.